The lowest BCUT2D eigenvalue weighted by molar-refractivity contribution is 0.122. The molecule has 172 valence electrons. The molecule has 9 nitrogen and oxygen atoms in total. The molecule has 33 heavy (non-hydrogen) atoms. The smallest absolute Gasteiger partial charge is 0.228 e. The highest BCUT2D eigenvalue weighted by atomic mass is 16.5. The van der Waals surface area contributed by atoms with Gasteiger partial charge in [0.05, 0.1) is 37.0 Å². The molecular weight excluding hydrogens is 416 g/mol. The summed E-state index contributed by atoms with van der Waals surface area (Å²) >= 11 is 0. The van der Waals surface area contributed by atoms with Gasteiger partial charge in [0.15, 0.2) is 5.65 Å². The Hall–Kier alpha value is -3.01. The molecule has 0 radical (unpaired) electrons. The molecular formula is C24H30N8O. The van der Waals surface area contributed by atoms with Crippen LogP contribution in [0.4, 0.5) is 5.95 Å². The normalized spacial score (nSPS) is 18.5. The topological polar surface area (TPSA) is 78.3 Å². The van der Waals surface area contributed by atoms with Crippen molar-refractivity contribution in [1.82, 2.24) is 34.5 Å². The number of anilines is 1. The van der Waals surface area contributed by atoms with Crippen LogP contribution in [-0.4, -0.2) is 101 Å². The molecule has 2 saturated heterocycles. The number of nitrogens with zero attached hydrogens (tertiary/aromatic N) is 7. The van der Waals surface area contributed by atoms with Crippen molar-refractivity contribution in [3.63, 3.8) is 0 Å². The minimum Gasteiger partial charge on any atom is -0.378 e. The van der Waals surface area contributed by atoms with E-state index in [4.69, 9.17) is 19.8 Å². The largest absolute Gasteiger partial charge is 0.378 e. The number of benzene rings is 1. The predicted molar refractivity (Wildman–Crippen MR) is 130 cm³/mol. The minimum absolute atomic E-state index is 0.701. The Morgan fingerprint density at radius 2 is 1.79 bits per heavy atom. The molecule has 2 fully saturated rings. The highest BCUT2D eigenvalue weighted by Gasteiger charge is 2.21. The third-order valence-electron chi connectivity index (χ3n) is 6.85. The van der Waals surface area contributed by atoms with Gasteiger partial charge >= 0.3 is 0 Å². The van der Waals surface area contributed by atoms with Crippen LogP contribution in [0.15, 0.2) is 36.7 Å². The summed E-state index contributed by atoms with van der Waals surface area (Å²) in [4.78, 5) is 20.5. The number of hydrogen-bond donors (Lipinski definition) is 1. The van der Waals surface area contributed by atoms with Gasteiger partial charge in [-0.2, -0.15) is 10.1 Å². The maximum atomic E-state index is 5.56. The molecule has 6 rings (SSSR count). The zero-order chi connectivity index (χ0) is 22.2. The molecule has 0 spiro atoms. The molecule has 0 amide bonds. The van der Waals surface area contributed by atoms with Crippen LogP contribution in [0.5, 0.6) is 0 Å². The second-order valence-corrected chi connectivity index (χ2v) is 8.97. The molecule has 0 aliphatic carbocycles. The van der Waals surface area contributed by atoms with E-state index in [9.17, 15) is 0 Å². The molecule has 1 N–H and O–H groups in total. The van der Waals surface area contributed by atoms with Gasteiger partial charge in [-0.25, -0.2) is 9.67 Å². The van der Waals surface area contributed by atoms with E-state index in [1.165, 1.54) is 0 Å². The first kappa shape index (κ1) is 20.6. The molecule has 5 heterocycles. The second-order valence-electron chi connectivity index (χ2n) is 8.97. The monoisotopic (exact) mass is 446 g/mol. The second kappa shape index (κ2) is 8.74. The Morgan fingerprint density at radius 3 is 2.64 bits per heavy atom. The first-order valence-electron chi connectivity index (χ1n) is 11.8. The highest BCUT2D eigenvalue weighted by molar-refractivity contribution is 6.01. The van der Waals surface area contributed by atoms with Crippen molar-refractivity contribution >= 4 is 27.9 Å². The molecule has 0 saturated carbocycles. The van der Waals surface area contributed by atoms with Crippen molar-refractivity contribution < 1.29 is 4.74 Å². The number of morpholine rings is 1. The molecule has 2 aliphatic rings. The van der Waals surface area contributed by atoms with Gasteiger partial charge in [0.1, 0.15) is 0 Å². The average molecular weight is 447 g/mol. The van der Waals surface area contributed by atoms with E-state index in [0.717, 1.165) is 91.5 Å². The third kappa shape index (κ3) is 3.96. The summed E-state index contributed by atoms with van der Waals surface area (Å²) in [5.41, 5.74) is 4.06. The van der Waals surface area contributed by atoms with Crippen molar-refractivity contribution in [2.75, 3.05) is 71.0 Å². The van der Waals surface area contributed by atoms with Gasteiger partial charge in [0.25, 0.3) is 0 Å². The van der Waals surface area contributed by atoms with Crippen LogP contribution in [0.3, 0.4) is 0 Å². The summed E-state index contributed by atoms with van der Waals surface area (Å²) in [6.45, 7) is 9.24. The van der Waals surface area contributed by atoms with E-state index in [0.29, 0.717) is 13.2 Å². The zero-order valence-corrected chi connectivity index (χ0v) is 19.1. The lowest BCUT2D eigenvalue weighted by Gasteiger charge is -2.32. The number of fused-ring (bicyclic) bond motifs is 2. The fourth-order valence-electron chi connectivity index (χ4n) is 4.82. The Bertz CT molecular complexity index is 1250. The Balaban J connectivity index is 1.41. The van der Waals surface area contributed by atoms with E-state index in [2.05, 4.69) is 55.7 Å². The van der Waals surface area contributed by atoms with Crippen LogP contribution >= 0.6 is 0 Å². The van der Waals surface area contributed by atoms with Crippen molar-refractivity contribution in [2.24, 2.45) is 0 Å². The van der Waals surface area contributed by atoms with Gasteiger partial charge in [-0.15, -0.1) is 0 Å². The van der Waals surface area contributed by atoms with Gasteiger partial charge in [0, 0.05) is 68.5 Å². The zero-order valence-electron chi connectivity index (χ0n) is 19.1. The van der Waals surface area contributed by atoms with Crippen LogP contribution < -0.4 is 4.90 Å². The van der Waals surface area contributed by atoms with Crippen LogP contribution in [0, 0.1) is 0 Å². The maximum absolute atomic E-state index is 5.56. The van der Waals surface area contributed by atoms with Crippen LogP contribution in [0.25, 0.3) is 33.2 Å². The van der Waals surface area contributed by atoms with Gasteiger partial charge in [-0.3, -0.25) is 4.90 Å². The van der Waals surface area contributed by atoms with E-state index in [-0.39, 0.29) is 0 Å². The SMILES string of the molecule is CN1CCN(CCn2ncc3c(-c4cccc5[nH]ccc45)nc(N4CCOCC4)nc32)CC1. The van der Waals surface area contributed by atoms with Gasteiger partial charge in [0.2, 0.25) is 5.95 Å². The number of piperazine rings is 1. The Morgan fingerprint density at radius 1 is 0.939 bits per heavy atom. The fraction of sp³-hybridized carbons (Fsp3) is 0.458. The summed E-state index contributed by atoms with van der Waals surface area (Å²) in [6, 6.07) is 8.43. The lowest BCUT2D eigenvalue weighted by Crippen LogP contribution is -2.45. The molecule has 3 aromatic heterocycles. The maximum Gasteiger partial charge on any atom is 0.228 e. The van der Waals surface area contributed by atoms with Crippen molar-refractivity contribution in [2.45, 2.75) is 6.54 Å². The highest BCUT2D eigenvalue weighted by Crippen LogP contribution is 2.33. The Labute approximate surface area is 193 Å². The third-order valence-corrected chi connectivity index (χ3v) is 6.85. The molecule has 2 aliphatic heterocycles. The summed E-state index contributed by atoms with van der Waals surface area (Å²) in [5.74, 6) is 0.759. The summed E-state index contributed by atoms with van der Waals surface area (Å²) < 4.78 is 7.62. The summed E-state index contributed by atoms with van der Waals surface area (Å²) in [7, 11) is 2.19. The Kier molecular flexibility index (Phi) is 5.45. The minimum atomic E-state index is 0.701. The average Bonchev–Trinajstić information content (AvgIpc) is 3.51. The molecule has 0 bridgehead atoms. The molecule has 4 aromatic rings. The van der Waals surface area contributed by atoms with Crippen molar-refractivity contribution in [3.8, 4) is 11.3 Å². The van der Waals surface area contributed by atoms with Crippen molar-refractivity contribution in [1.29, 1.82) is 0 Å². The number of nitrogens with one attached hydrogen (secondary N) is 1. The quantitative estimate of drug-likeness (QED) is 0.503. The van der Waals surface area contributed by atoms with Crippen LogP contribution in [0.2, 0.25) is 0 Å². The van der Waals surface area contributed by atoms with Gasteiger partial charge in [-0.1, -0.05) is 12.1 Å². The molecule has 0 atom stereocenters. The number of aromatic nitrogens is 5. The summed E-state index contributed by atoms with van der Waals surface area (Å²) in [6.07, 6.45) is 3.91. The number of H-pyrrole nitrogens is 1. The first-order valence-corrected chi connectivity index (χ1v) is 11.8. The van der Waals surface area contributed by atoms with Crippen LogP contribution in [0.1, 0.15) is 0 Å². The lowest BCUT2D eigenvalue weighted by atomic mass is 10.0. The number of ether oxygens (including phenoxy) is 1. The molecule has 1 aromatic carbocycles. The number of rotatable bonds is 5. The number of hydrogen-bond acceptors (Lipinski definition) is 7. The predicted octanol–water partition coefficient (Wildman–Crippen LogP) is 2.06. The van der Waals surface area contributed by atoms with E-state index in [1.54, 1.807) is 0 Å². The van der Waals surface area contributed by atoms with Gasteiger partial charge < -0.3 is 19.5 Å². The van der Waals surface area contributed by atoms with Crippen molar-refractivity contribution in [3.05, 3.63) is 36.7 Å². The van der Waals surface area contributed by atoms with Gasteiger partial charge in [-0.05, 0) is 19.2 Å². The standard InChI is InChI=1S/C24H30N8O/c1-29-7-9-30(10-8-29)11-12-32-23-20(17-26-32)22(19-3-2-4-21-18(19)5-6-25-21)27-24(28-23)31-13-15-33-16-14-31/h2-6,17,25H,7-16H2,1H3. The van der Waals surface area contributed by atoms with E-state index in [1.807, 2.05) is 12.4 Å². The number of aromatic amines is 1. The van der Waals surface area contributed by atoms with E-state index < -0.39 is 0 Å². The summed E-state index contributed by atoms with van der Waals surface area (Å²) in [5, 5.41) is 6.92. The first-order chi connectivity index (χ1) is 16.3. The van der Waals surface area contributed by atoms with Crippen LogP contribution in [-0.2, 0) is 11.3 Å². The van der Waals surface area contributed by atoms with E-state index >= 15 is 0 Å². The molecule has 9 heteroatoms. The molecule has 0 unspecified atom stereocenters. The fourth-order valence-corrected chi connectivity index (χ4v) is 4.82. The number of likely N-dealkylation sites (N-methyl/N-ethyl adjacent to an activating group) is 1.